The molecule has 0 heterocycles. The largest absolute Gasteiger partial charge is 0.499 e. The molecule has 0 N–H and O–H groups in total. The highest BCUT2D eigenvalue weighted by Crippen LogP contribution is 2.42. The van der Waals surface area contributed by atoms with Gasteiger partial charge in [-0.1, -0.05) is 0 Å². The third-order valence-corrected chi connectivity index (χ3v) is 10.3. The van der Waals surface area contributed by atoms with Crippen LogP contribution >= 0.6 is 0 Å². The molecule has 0 aromatic heterocycles. The van der Waals surface area contributed by atoms with E-state index in [1.807, 2.05) is 0 Å². The van der Waals surface area contributed by atoms with Crippen molar-refractivity contribution >= 4 is 29.5 Å². The van der Waals surface area contributed by atoms with Crippen molar-refractivity contribution in [2.24, 2.45) is 0 Å². The maximum absolute atomic E-state index is 12.7. The van der Waals surface area contributed by atoms with Gasteiger partial charge in [-0.3, -0.25) is 0 Å². The van der Waals surface area contributed by atoms with Crippen molar-refractivity contribution in [3.63, 3.8) is 0 Å². The molecule has 0 aliphatic heterocycles. The molecular formula is C5H4F8O6S3. The Morgan fingerprint density at radius 1 is 0.591 bits per heavy atom. The topological polar surface area (TPSA) is 102 Å². The molecule has 0 atom stereocenters. The molecule has 0 aromatic rings. The van der Waals surface area contributed by atoms with Gasteiger partial charge in [0.2, 0.25) is 9.84 Å². The van der Waals surface area contributed by atoms with Gasteiger partial charge in [0, 0.05) is 6.92 Å². The van der Waals surface area contributed by atoms with Gasteiger partial charge in [-0.15, -0.1) is 0 Å². The Bertz CT molecular complexity index is 629. The standard InChI is InChI=1S/C5H4F8O6S3/c1-3(6,7)20(14,15)2(21(16,17)4(8,9)10)22(18,19)5(11,12)13/h2H,1H3. The Morgan fingerprint density at radius 3 is 0.955 bits per heavy atom. The minimum absolute atomic E-state index is 0.771. The Kier molecular flexibility index (Phi) is 4.98. The van der Waals surface area contributed by atoms with E-state index in [2.05, 4.69) is 0 Å². The zero-order valence-electron chi connectivity index (χ0n) is 9.78. The normalized spacial score (nSPS) is 16.1. The molecule has 0 bridgehead atoms. The van der Waals surface area contributed by atoms with Gasteiger partial charge in [-0.05, 0) is 0 Å². The zero-order valence-corrected chi connectivity index (χ0v) is 12.2. The summed E-state index contributed by atoms with van der Waals surface area (Å²) in [5.74, 6) is 0. The SMILES string of the molecule is CC(F)(F)S(=O)(=O)C(S(=O)(=O)C(F)(F)F)S(=O)(=O)C(F)(F)F. The average molecular weight is 408 g/mol. The molecule has 134 valence electrons. The van der Waals surface area contributed by atoms with Crippen molar-refractivity contribution in [1.82, 2.24) is 0 Å². The van der Waals surface area contributed by atoms with E-state index in [-0.39, 0.29) is 0 Å². The summed E-state index contributed by atoms with van der Waals surface area (Å²) in [7, 11) is -22.7. The van der Waals surface area contributed by atoms with Crippen molar-refractivity contribution in [2.45, 2.75) is 27.1 Å². The minimum atomic E-state index is -7.70. The maximum atomic E-state index is 12.7. The fourth-order valence-corrected chi connectivity index (χ4v) is 7.99. The summed E-state index contributed by atoms with van der Waals surface area (Å²) in [4.78, 5) is 0. The molecule has 0 fully saturated rings. The highest BCUT2D eigenvalue weighted by atomic mass is 32.3. The van der Waals surface area contributed by atoms with Crippen molar-refractivity contribution in [1.29, 1.82) is 0 Å². The van der Waals surface area contributed by atoms with Crippen LogP contribution in [-0.2, 0) is 29.5 Å². The quantitative estimate of drug-likeness (QED) is 0.647. The average Bonchev–Trinajstić information content (AvgIpc) is 2.09. The van der Waals surface area contributed by atoms with Gasteiger partial charge in [0.25, 0.3) is 23.6 Å². The van der Waals surface area contributed by atoms with Crippen LogP contribution in [0.25, 0.3) is 0 Å². The lowest BCUT2D eigenvalue weighted by Gasteiger charge is -2.23. The first-order chi connectivity index (χ1) is 9.12. The summed E-state index contributed by atoms with van der Waals surface area (Å²) in [6.45, 7) is -0.771. The predicted octanol–water partition coefficient (Wildman–Crippen LogP) is 1.17. The number of sulfone groups is 3. The van der Waals surface area contributed by atoms with Crippen molar-refractivity contribution in [3.8, 4) is 0 Å². The summed E-state index contributed by atoms with van der Waals surface area (Å²) >= 11 is 0. The molecule has 0 saturated carbocycles. The molecule has 0 saturated heterocycles. The lowest BCUT2D eigenvalue weighted by atomic mass is 10.9. The number of hydrogen-bond donors (Lipinski definition) is 0. The zero-order chi connectivity index (χ0) is 18.6. The molecule has 0 radical (unpaired) electrons. The summed E-state index contributed by atoms with van der Waals surface area (Å²) in [6, 6.07) is 0. The highest BCUT2D eigenvalue weighted by molar-refractivity contribution is 8.24. The molecular weight excluding hydrogens is 404 g/mol. The first kappa shape index (κ1) is 21.3. The molecule has 0 unspecified atom stereocenters. The van der Waals surface area contributed by atoms with Gasteiger partial charge < -0.3 is 0 Å². The molecule has 22 heavy (non-hydrogen) atoms. The summed E-state index contributed by atoms with van der Waals surface area (Å²) in [5.41, 5.74) is -13.7. The molecule has 6 nitrogen and oxygen atoms in total. The Morgan fingerprint density at radius 2 is 0.818 bits per heavy atom. The second-order valence-electron chi connectivity index (χ2n) is 3.62. The van der Waals surface area contributed by atoms with Gasteiger partial charge in [-0.25, -0.2) is 25.3 Å². The van der Waals surface area contributed by atoms with Gasteiger partial charge >= 0.3 is 16.3 Å². The fraction of sp³-hybridized carbons (Fsp3) is 1.00. The second kappa shape index (κ2) is 5.15. The number of rotatable bonds is 4. The van der Waals surface area contributed by atoms with Crippen LogP contribution in [0.3, 0.4) is 0 Å². The molecule has 17 heteroatoms. The van der Waals surface area contributed by atoms with Crippen LogP contribution in [0.1, 0.15) is 6.92 Å². The second-order valence-corrected chi connectivity index (χ2v) is 10.8. The van der Waals surface area contributed by atoms with E-state index in [0.29, 0.717) is 0 Å². The van der Waals surface area contributed by atoms with Gasteiger partial charge in [0.1, 0.15) is 0 Å². The minimum Gasteiger partial charge on any atom is -0.220 e. The van der Waals surface area contributed by atoms with Crippen molar-refractivity contribution in [2.75, 3.05) is 0 Å². The lowest BCUT2D eigenvalue weighted by molar-refractivity contribution is -0.0463. The van der Waals surface area contributed by atoms with Crippen LogP contribution in [0.15, 0.2) is 0 Å². The van der Waals surface area contributed by atoms with E-state index in [1.54, 1.807) is 0 Å². The van der Waals surface area contributed by atoms with E-state index in [0.717, 1.165) is 0 Å². The maximum Gasteiger partial charge on any atom is 0.499 e. The third-order valence-electron chi connectivity index (χ3n) is 1.90. The molecule has 0 aromatic carbocycles. The molecule has 0 rings (SSSR count). The molecule has 0 spiro atoms. The Balaban J connectivity index is 7.00. The van der Waals surface area contributed by atoms with Crippen molar-refractivity contribution in [3.05, 3.63) is 0 Å². The van der Waals surface area contributed by atoms with Crippen LogP contribution in [0.4, 0.5) is 35.1 Å². The lowest BCUT2D eigenvalue weighted by Crippen LogP contribution is -2.52. The molecule has 0 aliphatic carbocycles. The predicted molar refractivity (Wildman–Crippen MR) is 53.3 cm³/mol. The number of halogens is 8. The van der Waals surface area contributed by atoms with Crippen LogP contribution in [0.2, 0.25) is 0 Å². The molecule has 0 amide bonds. The number of hydrogen-bond acceptors (Lipinski definition) is 6. The van der Waals surface area contributed by atoms with Gasteiger partial charge in [0.05, 0.1) is 0 Å². The van der Waals surface area contributed by atoms with E-state index in [1.165, 1.54) is 0 Å². The van der Waals surface area contributed by atoms with E-state index in [4.69, 9.17) is 0 Å². The summed E-state index contributed by atoms with van der Waals surface area (Å²) in [5, 5.41) is -5.52. The van der Waals surface area contributed by atoms with E-state index in [9.17, 15) is 60.4 Å². The van der Waals surface area contributed by atoms with Crippen LogP contribution in [-0.4, -0.2) is 45.4 Å². The third kappa shape index (κ3) is 3.29. The number of alkyl halides is 8. The summed E-state index contributed by atoms with van der Waals surface area (Å²) in [6.07, 6.45) is 0. The van der Waals surface area contributed by atoms with Crippen LogP contribution < -0.4 is 0 Å². The first-order valence-corrected chi connectivity index (χ1v) is 8.97. The van der Waals surface area contributed by atoms with Crippen molar-refractivity contribution < 1.29 is 60.4 Å². The van der Waals surface area contributed by atoms with Gasteiger partial charge in [0.15, 0.2) is 0 Å². The fourth-order valence-electron chi connectivity index (χ4n) is 0.888. The monoisotopic (exact) mass is 408 g/mol. The molecule has 0 aliphatic rings. The highest BCUT2D eigenvalue weighted by Gasteiger charge is 2.71. The van der Waals surface area contributed by atoms with E-state index < -0.39 is 56.6 Å². The first-order valence-electron chi connectivity index (χ1n) is 4.33. The van der Waals surface area contributed by atoms with Crippen LogP contribution in [0.5, 0.6) is 0 Å². The summed E-state index contributed by atoms with van der Waals surface area (Å²) < 4.78 is 158. The Labute approximate surface area is 117 Å². The van der Waals surface area contributed by atoms with Crippen LogP contribution in [0, 0.1) is 0 Å². The van der Waals surface area contributed by atoms with E-state index >= 15 is 0 Å². The smallest absolute Gasteiger partial charge is 0.220 e. The van der Waals surface area contributed by atoms with Gasteiger partial charge in [-0.2, -0.15) is 35.1 Å². The Hall–Kier alpha value is -0.710.